The third-order valence-corrected chi connectivity index (χ3v) is 5.32. The Labute approximate surface area is 176 Å². The number of carbonyl (C=O) groups is 1. The number of hydrogen-bond donors (Lipinski definition) is 2. The van der Waals surface area contributed by atoms with Gasteiger partial charge in [-0.2, -0.15) is 5.10 Å². The Morgan fingerprint density at radius 1 is 1.17 bits per heavy atom. The first-order valence-electron chi connectivity index (χ1n) is 11.0. The minimum Gasteiger partial charge on any atom is -0.347 e. The molecule has 3 aromatic rings. The van der Waals surface area contributed by atoms with Gasteiger partial charge in [0.05, 0.1) is 11.3 Å². The molecule has 2 N–H and O–H groups in total. The molecule has 2 heterocycles. The standard InChI is InChI=1S/C22H21F3N4O/c1-29-21(7-9-27-29)14-2-4-16(18(24)11-14)22(30)28-20-12-26-8-6-15(20)13-3-5-17(23)19(25)10-13/h2-5,7,9-11,15,20,26H,6,8,12H2,1H3,(H,28,30)/t15-,20+/m0/s1/i1D3. The summed E-state index contributed by atoms with van der Waals surface area (Å²) in [5, 5.41) is 9.70. The lowest BCUT2D eigenvalue weighted by Crippen LogP contribution is -2.50. The second-order valence-corrected chi connectivity index (χ2v) is 7.18. The lowest BCUT2D eigenvalue weighted by molar-refractivity contribution is 0.0920. The van der Waals surface area contributed by atoms with E-state index in [0.717, 1.165) is 22.9 Å². The summed E-state index contributed by atoms with van der Waals surface area (Å²) in [6.45, 7) is -1.52. The van der Waals surface area contributed by atoms with Crippen molar-refractivity contribution in [3.63, 3.8) is 0 Å². The Balaban J connectivity index is 1.55. The van der Waals surface area contributed by atoms with E-state index in [1.807, 2.05) is 0 Å². The number of halogens is 3. The summed E-state index contributed by atoms with van der Waals surface area (Å²) in [6.07, 6.45) is 1.88. The van der Waals surface area contributed by atoms with E-state index in [2.05, 4.69) is 15.7 Å². The molecule has 4 rings (SSSR count). The van der Waals surface area contributed by atoms with E-state index in [9.17, 15) is 18.0 Å². The summed E-state index contributed by atoms with van der Waals surface area (Å²) in [5.41, 5.74) is 0.787. The maximum Gasteiger partial charge on any atom is 0.254 e. The van der Waals surface area contributed by atoms with Gasteiger partial charge < -0.3 is 10.6 Å². The highest BCUT2D eigenvalue weighted by Crippen LogP contribution is 2.28. The molecule has 1 saturated heterocycles. The summed E-state index contributed by atoms with van der Waals surface area (Å²) < 4.78 is 65.3. The molecule has 0 unspecified atom stereocenters. The number of rotatable bonds is 4. The molecule has 0 radical (unpaired) electrons. The van der Waals surface area contributed by atoms with Crippen LogP contribution < -0.4 is 10.6 Å². The lowest BCUT2D eigenvalue weighted by Gasteiger charge is -2.33. The third kappa shape index (κ3) is 3.95. The van der Waals surface area contributed by atoms with Crippen LogP contribution in [0.2, 0.25) is 0 Å². The number of hydrogen-bond acceptors (Lipinski definition) is 3. The Hall–Kier alpha value is -3.13. The quantitative estimate of drug-likeness (QED) is 0.684. The third-order valence-electron chi connectivity index (χ3n) is 5.32. The fourth-order valence-electron chi connectivity index (χ4n) is 3.78. The van der Waals surface area contributed by atoms with Crippen LogP contribution in [0.15, 0.2) is 48.7 Å². The van der Waals surface area contributed by atoms with Crippen LogP contribution in [0.25, 0.3) is 11.3 Å². The Kier molecular flexibility index (Phi) is 4.61. The van der Waals surface area contributed by atoms with Crippen molar-refractivity contribution < 1.29 is 22.1 Å². The molecule has 0 bridgehead atoms. The SMILES string of the molecule is [2H]C([2H])([2H])n1nccc1-c1ccc(C(=O)N[C@@H]2CNCC[C@H]2c2ccc(F)c(F)c2)c(F)c1. The van der Waals surface area contributed by atoms with Crippen LogP contribution in [0.5, 0.6) is 0 Å². The number of piperidine rings is 1. The van der Waals surface area contributed by atoms with Crippen molar-refractivity contribution >= 4 is 5.91 Å². The van der Waals surface area contributed by atoms with Gasteiger partial charge in [0, 0.05) is 41.4 Å². The Morgan fingerprint density at radius 2 is 2.03 bits per heavy atom. The minimum absolute atomic E-state index is 0.190. The molecule has 8 heteroatoms. The molecule has 0 saturated carbocycles. The number of aryl methyl sites for hydroxylation is 1. The smallest absolute Gasteiger partial charge is 0.254 e. The molecule has 1 aromatic heterocycles. The van der Waals surface area contributed by atoms with E-state index in [1.165, 1.54) is 30.5 Å². The highest BCUT2D eigenvalue weighted by molar-refractivity contribution is 5.95. The maximum atomic E-state index is 14.9. The maximum absolute atomic E-state index is 14.9. The monoisotopic (exact) mass is 417 g/mol. The molecular formula is C22H21F3N4O. The van der Waals surface area contributed by atoms with Crippen molar-refractivity contribution in [3.8, 4) is 11.3 Å². The fraction of sp³-hybridized carbons (Fsp3) is 0.273. The first-order valence-corrected chi connectivity index (χ1v) is 9.46. The number of carbonyl (C=O) groups excluding carboxylic acids is 1. The van der Waals surface area contributed by atoms with Crippen molar-refractivity contribution in [1.82, 2.24) is 20.4 Å². The first-order chi connectivity index (χ1) is 15.6. The number of amides is 1. The van der Waals surface area contributed by atoms with E-state index >= 15 is 0 Å². The summed E-state index contributed by atoms with van der Waals surface area (Å²) in [5.74, 6) is -3.67. The van der Waals surface area contributed by atoms with E-state index in [-0.39, 0.29) is 22.7 Å². The van der Waals surface area contributed by atoms with Crippen LogP contribution in [0.4, 0.5) is 13.2 Å². The first kappa shape index (κ1) is 16.6. The zero-order valence-corrected chi connectivity index (χ0v) is 15.8. The second kappa shape index (κ2) is 8.31. The van der Waals surface area contributed by atoms with Gasteiger partial charge in [0.25, 0.3) is 5.91 Å². The fourth-order valence-corrected chi connectivity index (χ4v) is 3.78. The summed E-state index contributed by atoms with van der Waals surface area (Å²) >= 11 is 0. The van der Waals surface area contributed by atoms with Gasteiger partial charge in [-0.3, -0.25) is 9.48 Å². The molecule has 5 nitrogen and oxygen atoms in total. The average Bonchev–Trinajstić information content (AvgIpc) is 3.27. The number of benzene rings is 2. The molecule has 1 fully saturated rings. The Morgan fingerprint density at radius 3 is 2.80 bits per heavy atom. The molecule has 2 aromatic carbocycles. The highest BCUT2D eigenvalue weighted by Gasteiger charge is 2.29. The number of nitrogens with one attached hydrogen (secondary N) is 2. The van der Waals surface area contributed by atoms with E-state index in [0.29, 0.717) is 25.1 Å². The van der Waals surface area contributed by atoms with E-state index in [1.54, 1.807) is 0 Å². The van der Waals surface area contributed by atoms with E-state index < -0.39 is 36.4 Å². The molecular weight excluding hydrogens is 393 g/mol. The molecule has 1 aliphatic rings. The minimum atomic E-state index is -2.53. The second-order valence-electron chi connectivity index (χ2n) is 7.18. The van der Waals surface area contributed by atoms with Crippen molar-refractivity contribution in [2.45, 2.75) is 18.4 Å². The zero-order chi connectivity index (χ0) is 23.8. The topological polar surface area (TPSA) is 59.0 Å². The van der Waals surface area contributed by atoms with Crippen molar-refractivity contribution in [3.05, 3.63) is 77.2 Å². The summed E-state index contributed by atoms with van der Waals surface area (Å²) in [6, 6.07) is 8.44. The molecule has 30 heavy (non-hydrogen) atoms. The van der Waals surface area contributed by atoms with Crippen LogP contribution in [0, 0.1) is 17.5 Å². The molecule has 0 aliphatic carbocycles. The summed E-state index contributed by atoms with van der Waals surface area (Å²) in [4.78, 5) is 12.8. The Bertz CT molecular complexity index is 1180. The van der Waals surface area contributed by atoms with Gasteiger partial charge in [-0.25, -0.2) is 13.2 Å². The molecule has 156 valence electrons. The average molecular weight is 417 g/mol. The van der Waals surface area contributed by atoms with Gasteiger partial charge >= 0.3 is 0 Å². The van der Waals surface area contributed by atoms with Crippen molar-refractivity contribution in [2.75, 3.05) is 13.1 Å². The normalized spacial score (nSPS) is 20.8. The van der Waals surface area contributed by atoms with Gasteiger partial charge in [0.1, 0.15) is 5.82 Å². The number of aromatic nitrogens is 2. The number of nitrogens with zero attached hydrogens (tertiary/aromatic N) is 2. The van der Waals surface area contributed by atoms with Gasteiger partial charge in [0.15, 0.2) is 11.6 Å². The predicted octanol–water partition coefficient (Wildman–Crippen LogP) is 3.38. The molecule has 2 atom stereocenters. The van der Waals surface area contributed by atoms with Crippen LogP contribution >= 0.6 is 0 Å². The van der Waals surface area contributed by atoms with Crippen molar-refractivity contribution in [1.29, 1.82) is 0 Å². The zero-order valence-electron chi connectivity index (χ0n) is 18.8. The molecule has 1 amide bonds. The van der Waals surface area contributed by atoms with Gasteiger partial charge in [-0.15, -0.1) is 0 Å². The highest BCUT2D eigenvalue weighted by atomic mass is 19.2. The van der Waals surface area contributed by atoms with Gasteiger partial charge in [-0.05, 0) is 48.9 Å². The predicted molar refractivity (Wildman–Crippen MR) is 106 cm³/mol. The molecule has 0 spiro atoms. The van der Waals surface area contributed by atoms with Crippen molar-refractivity contribution in [2.24, 2.45) is 6.98 Å². The largest absolute Gasteiger partial charge is 0.347 e. The van der Waals surface area contributed by atoms with Crippen LogP contribution in [-0.4, -0.2) is 34.8 Å². The van der Waals surface area contributed by atoms with Gasteiger partial charge in [-0.1, -0.05) is 12.1 Å². The van der Waals surface area contributed by atoms with Crippen LogP contribution in [-0.2, 0) is 6.98 Å². The van der Waals surface area contributed by atoms with Crippen LogP contribution in [0.1, 0.15) is 32.4 Å². The molecule has 1 aliphatic heterocycles. The van der Waals surface area contributed by atoms with Gasteiger partial charge in [0.2, 0.25) is 0 Å². The van der Waals surface area contributed by atoms with E-state index in [4.69, 9.17) is 4.11 Å². The van der Waals surface area contributed by atoms with Crippen LogP contribution in [0.3, 0.4) is 0 Å². The lowest BCUT2D eigenvalue weighted by atomic mass is 9.85. The summed E-state index contributed by atoms with van der Waals surface area (Å²) in [7, 11) is 0.